The smallest absolute Gasteiger partial charge is 0.252 e. The van der Waals surface area contributed by atoms with Crippen molar-refractivity contribution >= 4 is 0 Å². The first-order valence-electron chi connectivity index (χ1n) is 5.23. The molecule has 1 aromatic heterocycles. The summed E-state index contributed by atoms with van der Waals surface area (Å²) in [6.07, 6.45) is 0.791. The van der Waals surface area contributed by atoms with E-state index in [4.69, 9.17) is 5.26 Å². The second-order valence-electron chi connectivity index (χ2n) is 3.83. The van der Waals surface area contributed by atoms with E-state index in [9.17, 15) is 5.11 Å². The third kappa shape index (κ3) is 2.68. The average molecular weight is 228 g/mol. The molecule has 0 aliphatic heterocycles. The highest BCUT2D eigenvalue weighted by atomic mass is 16.3. The Morgan fingerprint density at radius 2 is 2.12 bits per heavy atom. The molecule has 1 heterocycles. The van der Waals surface area contributed by atoms with E-state index in [1.54, 1.807) is 0 Å². The lowest BCUT2D eigenvalue weighted by molar-refractivity contribution is 0.151. The van der Waals surface area contributed by atoms with Gasteiger partial charge in [0.25, 0.3) is 5.82 Å². The molecule has 0 spiro atoms. The predicted molar refractivity (Wildman–Crippen MR) is 60.9 cm³/mol. The minimum Gasteiger partial charge on any atom is -0.386 e. The van der Waals surface area contributed by atoms with Gasteiger partial charge in [0.15, 0.2) is 0 Å². The van der Waals surface area contributed by atoms with Crippen molar-refractivity contribution in [2.45, 2.75) is 19.6 Å². The molecule has 0 saturated carbocycles. The fourth-order valence-electron chi connectivity index (χ4n) is 1.51. The first-order chi connectivity index (χ1) is 8.19. The average Bonchev–Trinajstić information content (AvgIpc) is 2.77. The zero-order valence-corrected chi connectivity index (χ0v) is 9.41. The van der Waals surface area contributed by atoms with Gasteiger partial charge < -0.3 is 5.11 Å². The molecule has 0 bridgehead atoms. The Morgan fingerprint density at radius 1 is 1.41 bits per heavy atom. The highest BCUT2D eigenvalue weighted by Gasteiger charge is 2.09. The number of aliphatic hydroxyl groups is 1. The summed E-state index contributed by atoms with van der Waals surface area (Å²) in [5.41, 5.74) is 1.97. The van der Waals surface area contributed by atoms with E-state index in [-0.39, 0.29) is 12.4 Å². The molecule has 2 rings (SSSR count). The molecule has 0 aliphatic rings. The highest BCUT2D eigenvalue weighted by Crippen LogP contribution is 2.15. The normalized spacial score (nSPS) is 12.1. The van der Waals surface area contributed by atoms with Gasteiger partial charge in [-0.05, 0) is 12.5 Å². The molecule has 86 valence electrons. The zero-order valence-electron chi connectivity index (χ0n) is 9.41. The highest BCUT2D eigenvalue weighted by molar-refractivity contribution is 5.23. The minimum atomic E-state index is -0.649. The number of aliphatic hydroxyl groups excluding tert-OH is 1. The summed E-state index contributed by atoms with van der Waals surface area (Å²) < 4.78 is 1.46. The second kappa shape index (κ2) is 4.76. The van der Waals surface area contributed by atoms with Gasteiger partial charge in [0, 0.05) is 0 Å². The summed E-state index contributed by atoms with van der Waals surface area (Å²) in [6.45, 7) is 2.28. The quantitative estimate of drug-likeness (QED) is 0.856. The SMILES string of the molecule is Cc1ccc(C(O)Cn2cnc(C#N)n2)cc1. The van der Waals surface area contributed by atoms with Crippen LogP contribution in [0.1, 0.15) is 23.1 Å². The predicted octanol–water partition coefficient (Wildman–Crippen LogP) is 1.19. The lowest BCUT2D eigenvalue weighted by Gasteiger charge is -2.10. The Balaban J connectivity index is 2.08. The van der Waals surface area contributed by atoms with Crippen LogP contribution in [0.4, 0.5) is 0 Å². The van der Waals surface area contributed by atoms with Gasteiger partial charge in [0.1, 0.15) is 12.4 Å². The Hall–Kier alpha value is -2.19. The summed E-state index contributed by atoms with van der Waals surface area (Å²) in [4.78, 5) is 3.78. The summed E-state index contributed by atoms with van der Waals surface area (Å²) >= 11 is 0. The first kappa shape index (κ1) is 11.3. The minimum absolute atomic E-state index is 0.112. The van der Waals surface area contributed by atoms with Gasteiger partial charge in [0.2, 0.25) is 0 Å². The Morgan fingerprint density at radius 3 is 2.71 bits per heavy atom. The zero-order chi connectivity index (χ0) is 12.3. The van der Waals surface area contributed by atoms with Crippen molar-refractivity contribution < 1.29 is 5.11 Å². The van der Waals surface area contributed by atoms with E-state index in [0.717, 1.165) is 11.1 Å². The van der Waals surface area contributed by atoms with Gasteiger partial charge in [-0.25, -0.2) is 9.67 Å². The van der Waals surface area contributed by atoms with Crippen molar-refractivity contribution in [2.75, 3.05) is 0 Å². The van der Waals surface area contributed by atoms with Gasteiger partial charge in [-0.15, -0.1) is 5.10 Å². The molecule has 0 aliphatic carbocycles. The van der Waals surface area contributed by atoms with Crippen molar-refractivity contribution in [3.05, 3.63) is 47.5 Å². The number of aromatic nitrogens is 3. The van der Waals surface area contributed by atoms with Crippen molar-refractivity contribution in [3.8, 4) is 6.07 Å². The van der Waals surface area contributed by atoms with Crippen LogP contribution in [0.3, 0.4) is 0 Å². The molecule has 17 heavy (non-hydrogen) atoms. The molecule has 5 heteroatoms. The van der Waals surface area contributed by atoms with Crippen LogP contribution >= 0.6 is 0 Å². The van der Waals surface area contributed by atoms with Gasteiger partial charge in [-0.3, -0.25) is 0 Å². The number of hydrogen-bond donors (Lipinski definition) is 1. The van der Waals surface area contributed by atoms with Gasteiger partial charge in [0.05, 0.1) is 12.6 Å². The molecule has 0 saturated heterocycles. The molecule has 1 aromatic carbocycles. The second-order valence-corrected chi connectivity index (χ2v) is 3.83. The first-order valence-corrected chi connectivity index (χ1v) is 5.23. The van der Waals surface area contributed by atoms with Crippen molar-refractivity contribution in [1.29, 1.82) is 5.26 Å². The topological polar surface area (TPSA) is 74.7 Å². The van der Waals surface area contributed by atoms with Crippen LogP contribution in [0.5, 0.6) is 0 Å². The molecule has 0 radical (unpaired) electrons. The lowest BCUT2D eigenvalue weighted by atomic mass is 10.1. The summed E-state index contributed by atoms with van der Waals surface area (Å²) in [6, 6.07) is 9.49. The van der Waals surface area contributed by atoms with E-state index in [2.05, 4.69) is 10.1 Å². The fraction of sp³-hybridized carbons (Fsp3) is 0.250. The maximum Gasteiger partial charge on any atom is 0.252 e. The Bertz CT molecular complexity index is 538. The number of nitriles is 1. The molecule has 1 N–H and O–H groups in total. The molecule has 0 amide bonds. The molecular weight excluding hydrogens is 216 g/mol. The van der Waals surface area contributed by atoms with E-state index < -0.39 is 6.10 Å². The van der Waals surface area contributed by atoms with Crippen molar-refractivity contribution in [2.24, 2.45) is 0 Å². The van der Waals surface area contributed by atoms with Crippen LogP contribution in [0.25, 0.3) is 0 Å². The monoisotopic (exact) mass is 228 g/mol. The van der Waals surface area contributed by atoms with Crippen molar-refractivity contribution in [3.63, 3.8) is 0 Å². The maximum atomic E-state index is 9.98. The van der Waals surface area contributed by atoms with E-state index in [1.165, 1.54) is 11.0 Å². The van der Waals surface area contributed by atoms with Crippen LogP contribution in [0, 0.1) is 18.3 Å². The molecule has 2 aromatic rings. The summed E-state index contributed by atoms with van der Waals surface area (Å²) in [7, 11) is 0. The van der Waals surface area contributed by atoms with Crippen LogP contribution in [0.15, 0.2) is 30.6 Å². The lowest BCUT2D eigenvalue weighted by Crippen LogP contribution is -2.09. The number of benzene rings is 1. The van der Waals surface area contributed by atoms with Gasteiger partial charge in [-0.1, -0.05) is 29.8 Å². The number of aryl methyl sites for hydroxylation is 1. The van der Waals surface area contributed by atoms with E-state index in [0.29, 0.717) is 0 Å². The summed E-state index contributed by atoms with van der Waals surface area (Å²) in [5, 5.41) is 22.5. The molecular formula is C12H12N4O. The Labute approximate surface area is 99.0 Å². The van der Waals surface area contributed by atoms with Gasteiger partial charge in [-0.2, -0.15) is 5.26 Å². The van der Waals surface area contributed by atoms with E-state index >= 15 is 0 Å². The van der Waals surface area contributed by atoms with Gasteiger partial charge >= 0.3 is 0 Å². The maximum absolute atomic E-state index is 9.98. The third-order valence-corrected chi connectivity index (χ3v) is 2.46. The molecule has 1 atom stereocenters. The van der Waals surface area contributed by atoms with Crippen LogP contribution < -0.4 is 0 Å². The number of nitrogens with zero attached hydrogens (tertiary/aromatic N) is 4. The van der Waals surface area contributed by atoms with Crippen LogP contribution in [-0.4, -0.2) is 19.9 Å². The van der Waals surface area contributed by atoms with Crippen molar-refractivity contribution in [1.82, 2.24) is 14.8 Å². The molecule has 5 nitrogen and oxygen atoms in total. The third-order valence-electron chi connectivity index (χ3n) is 2.46. The number of hydrogen-bond acceptors (Lipinski definition) is 4. The molecule has 0 fully saturated rings. The fourth-order valence-corrected chi connectivity index (χ4v) is 1.51. The largest absolute Gasteiger partial charge is 0.386 e. The van der Waals surface area contributed by atoms with E-state index in [1.807, 2.05) is 37.3 Å². The number of rotatable bonds is 3. The molecule has 1 unspecified atom stereocenters. The standard InChI is InChI=1S/C12H12N4O/c1-9-2-4-10(5-3-9)11(17)7-16-8-14-12(6-13)15-16/h2-5,8,11,17H,7H2,1H3. The Kier molecular flexibility index (Phi) is 3.17. The van der Waals surface area contributed by atoms with Crippen LogP contribution in [-0.2, 0) is 6.54 Å². The van der Waals surface area contributed by atoms with Crippen LogP contribution in [0.2, 0.25) is 0 Å². The summed E-state index contributed by atoms with van der Waals surface area (Å²) in [5.74, 6) is 0.112.